The number of hydrogen-bond acceptors (Lipinski definition) is 6. The standard InChI is InChI=1S/C12H13N3O4S2/c1-7-15-9(6-20-7)5-14-21(18,19)11-3-2-8(12(16)17)4-10(11)13/h2-4,6,14H,5,13H2,1H3,(H,16,17). The molecular weight excluding hydrogens is 314 g/mol. The summed E-state index contributed by atoms with van der Waals surface area (Å²) in [6.07, 6.45) is 0. The topological polar surface area (TPSA) is 122 Å². The summed E-state index contributed by atoms with van der Waals surface area (Å²) in [4.78, 5) is 14.8. The first-order valence-corrected chi connectivity index (χ1v) is 8.19. The van der Waals surface area contributed by atoms with Crippen molar-refractivity contribution >= 4 is 33.0 Å². The van der Waals surface area contributed by atoms with Crippen molar-refractivity contribution in [1.82, 2.24) is 9.71 Å². The number of carboxylic acid groups (broad SMARTS) is 1. The highest BCUT2D eigenvalue weighted by molar-refractivity contribution is 7.89. The summed E-state index contributed by atoms with van der Waals surface area (Å²) >= 11 is 1.42. The minimum absolute atomic E-state index is 0.0484. The number of sulfonamides is 1. The zero-order chi connectivity index (χ0) is 15.6. The molecule has 21 heavy (non-hydrogen) atoms. The Labute approximate surface area is 125 Å². The maximum atomic E-state index is 12.2. The van der Waals surface area contributed by atoms with E-state index in [1.54, 1.807) is 5.38 Å². The van der Waals surface area contributed by atoms with Gasteiger partial charge >= 0.3 is 5.97 Å². The molecule has 0 spiro atoms. The van der Waals surface area contributed by atoms with E-state index in [4.69, 9.17) is 10.8 Å². The Morgan fingerprint density at radius 3 is 2.71 bits per heavy atom. The molecule has 0 aliphatic heterocycles. The fraction of sp³-hybridized carbons (Fsp3) is 0.167. The Hall–Kier alpha value is -1.97. The Morgan fingerprint density at radius 2 is 2.19 bits per heavy atom. The molecule has 1 heterocycles. The number of nitrogens with two attached hydrogens (primary N) is 1. The van der Waals surface area contributed by atoms with Gasteiger partial charge in [-0.15, -0.1) is 11.3 Å². The van der Waals surface area contributed by atoms with E-state index in [1.807, 2.05) is 6.92 Å². The molecule has 0 amide bonds. The Morgan fingerprint density at radius 1 is 1.48 bits per heavy atom. The van der Waals surface area contributed by atoms with Crippen LogP contribution in [0.5, 0.6) is 0 Å². The SMILES string of the molecule is Cc1nc(CNS(=O)(=O)c2ccc(C(=O)O)cc2N)cs1. The van der Waals surface area contributed by atoms with Crippen LogP contribution in [-0.2, 0) is 16.6 Å². The third-order valence-corrected chi connectivity index (χ3v) is 4.95. The Bertz CT molecular complexity index is 784. The van der Waals surface area contributed by atoms with Crippen LogP contribution in [0.1, 0.15) is 21.1 Å². The van der Waals surface area contributed by atoms with Gasteiger partial charge in [0, 0.05) is 5.38 Å². The van der Waals surface area contributed by atoms with Crippen LogP contribution in [0.4, 0.5) is 5.69 Å². The maximum absolute atomic E-state index is 12.2. The van der Waals surface area contributed by atoms with E-state index in [0.717, 1.165) is 11.1 Å². The molecule has 1 aromatic heterocycles. The van der Waals surface area contributed by atoms with Gasteiger partial charge in [-0.05, 0) is 25.1 Å². The largest absolute Gasteiger partial charge is 0.478 e. The molecule has 0 aliphatic rings. The molecule has 1 aromatic carbocycles. The van der Waals surface area contributed by atoms with E-state index >= 15 is 0 Å². The molecule has 2 rings (SSSR count). The van der Waals surface area contributed by atoms with Crippen LogP contribution in [0.3, 0.4) is 0 Å². The second kappa shape index (κ2) is 5.80. The number of hydrogen-bond donors (Lipinski definition) is 3. The number of nitrogen functional groups attached to an aromatic ring is 1. The van der Waals surface area contributed by atoms with Gasteiger partial charge < -0.3 is 10.8 Å². The van der Waals surface area contributed by atoms with Crippen molar-refractivity contribution in [3.05, 3.63) is 39.8 Å². The lowest BCUT2D eigenvalue weighted by atomic mass is 10.2. The summed E-state index contributed by atoms with van der Waals surface area (Å²) in [5.41, 5.74) is 6.05. The van der Waals surface area contributed by atoms with Crippen molar-refractivity contribution in [2.24, 2.45) is 0 Å². The molecular formula is C12H13N3O4S2. The summed E-state index contributed by atoms with van der Waals surface area (Å²) in [6, 6.07) is 3.48. The zero-order valence-corrected chi connectivity index (χ0v) is 12.7. The van der Waals surface area contributed by atoms with Gasteiger partial charge in [-0.2, -0.15) is 0 Å². The second-order valence-corrected chi connectivity index (χ2v) is 7.04. The van der Waals surface area contributed by atoms with Crippen LogP contribution < -0.4 is 10.5 Å². The fourth-order valence-electron chi connectivity index (χ4n) is 1.66. The minimum Gasteiger partial charge on any atom is -0.478 e. The number of nitrogens with zero attached hydrogens (tertiary/aromatic N) is 1. The number of carbonyl (C=O) groups is 1. The van der Waals surface area contributed by atoms with Gasteiger partial charge in [0.15, 0.2) is 0 Å². The lowest BCUT2D eigenvalue weighted by Gasteiger charge is -2.08. The quantitative estimate of drug-likeness (QED) is 0.709. The number of aromatic carboxylic acids is 1. The zero-order valence-electron chi connectivity index (χ0n) is 11.0. The maximum Gasteiger partial charge on any atom is 0.335 e. The molecule has 2 aromatic rings. The Kier molecular flexibility index (Phi) is 4.26. The number of thiazole rings is 1. The number of aryl methyl sites for hydroxylation is 1. The molecule has 0 atom stereocenters. The average Bonchev–Trinajstić information content (AvgIpc) is 2.82. The average molecular weight is 327 g/mol. The van der Waals surface area contributed by atoms with E-state index < -0.39 is 16.0 Å². The highest BCUT2D eigenvalue weighted by Crippen LogP contribution is 2.20. The van der Waals surface area contributed by atoms with E-state index in [0.29, 0.717) is 5.69 Å². The first-order valence-electron chi connectivity index (χ1n) is 5.83. The van der Waals surface area contributed by atoms with E-state index in [-0.39, 0.29) is 22.7 Å². The van der Waals surface area contributed by atoms with Crippen LogP contribution >= 0.6 is 11.3 Å². The van der Waals surface area contributed by atoms with Crippen LogP contribution in [-0.4, -0.2) is 24.5 Å². The molecule has 0 saturated carbocycles. The smallest absolute Gasteiger partial charge is 0.335 e. The molecule has 0 fully saturated rings. The fourth-order valence-corrected chi connectivity index (χ4v) is 3.38. The summed E-state index contributed by atoms with van der Waals surface area (Å²) < 4.78 is 26.7. The number of aromatic nitrogens is 1. The van der Waals surface area contributed by atoms with Crippen molar-refractivity contribution in [3.8, 4) is 0 Å². The lowest BCUT2D eigenvalue weighted by molar-refractivity contribution is 0.0697. The molecule has 0 aliphatic carbocycles. The third kappa shape index (κ3) is 3.57. The van der Waals surface area contributed by atoms with Gasteiger partial charge in [-0.25, -0.2) is 22.9 Å². The molecule has 0 bridgehead atoms. The summed E-state index contributed by atoms with van der Waals surface area (Å²) in [6.45, 7) is 1.87. The molecule has 0 radical (unpaired) electrons. The minimum atomic E-state index is -3.83. The number of carboxylic acids is 1. The van der Waals surface area contributed by atoms with Crippen molar-refractivity contribution in [2.45, 2.75) is 18.4 Å². The highest BCUT2D eigenvalue weighted by atomic mass is 32.2. The normalized spacial score (nSPS) is 11.5. The van der Waals surface area contributed by atoms with Crippen LogP contribution in [0.15, 0.2) is 28.5 Å². The molecule has 7 nitrogen and oxygen atoms in total. The van der Waals surface area contributed by atoms with Gasteiger partial charge in [0.2, 0.25) is 10.0 Å². The molecule has 4 N–H and O–H groups in total. The number of rotatable bonds is 5. The van der Waals surface area contributed by atoms with Crippen molar-refractivity contribution in [2.75, 3.05) is 5.73 Å². The summed E-state index contributed by atoms with van der Waals surface area (Å²) in [5.74, 6) is -1.17. The highest BCUT2D eigenvalue weighted by Gasteiger charge is 2.19. The molecule has 0 saturated heterocycles. The molecule has 9 heteroatoms. The monoisotopic (exact) mass is 327 g/mol. The molecule has 0 unspecified atom stereocenters. The molecule has 112 valence electrons. The lowest BCUT2D eigenvalue weighted by Crippen LogP contribution is -2.24. The summed E-state index contributed by atoms with van der Waals surface area (Å²) in [7, 11) is -3.83. The van der Waals surface area contributed by atoms with Gasteiger partial charge in [-0.1, -0.05) is 0 Å². The summed E-state index contributed by atoms with van der Waals surface area (Å²) in [5, 5.41) is 11.4. The number of nitrogens with one attached hydrogen (secondary N) is 1. The van der Waals surface area contributed by atoms with Crippen molar-refractivity contribution < 1.29 is 18.3 Å². The first-order chi connectivity index (χ1) is 9.79. The third-order valence-electron chi connectivity index (χ3n) is 2.66. The second-order valence-electron chi connectivity index (χ2n) is 4.24. The Balaban J connectivity index is 2.21. The van der Waals surface area contributed by atoms with E-state index in [1.165, 1.54) is 23.5 Å². The van der Waals surface area contributed by atoms with Gasteiger partial charge in [-0.3, -0.25) is 0 Å². The van der Waals surface area contributed by atoms with Gasteiger partial charge in [0.1, 0.15) is 4.90 Å². The van der Waals surface area contributed by atoms with Gasteiger partial charge in [0.05, 0.1) is 28.5 Å². The van der Waals surface area contributed by atoms with Crippen LogP contribution in [0.25, 0.3) is 0 Å². The van der Waals surface area contributed by atoms with Crippen molar-refractivity contribution in [1.29, 1.82) is 0 Å². The first kappa shape index (κ1) is 15.4. The predicted octanol–water partition coefficient (Wildman–Crippen LogP) is 1.21. The number of benzene rings is 1. The van der Waals surface area contributed by atoms with E-state index in [2.05, 4.69) is 9.71 Å². The van der Waals surface area contributed by atoms with Gasteiger partial charge in [0.25, 0.3) is 0 Å². The van der Waals surface area contributed by atoms with Crippen molar-refractivity contribution in [3.63, 3.8) is 0 Å². The number of anilines is 1. The predicted molar refractivity (Wildman–Crippen MR) is 78.7 cm³/mol. The van der Waals surface area contributed by atoms with Crippen LogP contribution in [0, 0.1) is 6.92 Å². The van der Waals surface area contributed by atoms with E-state index in [9.17, 15) is 13.2 Å². The van der Waals surface area contributed by atoms with Crippen LogP contribution in [0.2, 0.25) is 0 Å².